The van der Waals surface area contributed by atoms with Crippen LogP contribution in [0.3, 0.4) is 0 Å². The lowest BCUT2D eigenvalue weighted by Gasteiger charge is -2.39. The van der Waals surface area contributed by atoms with E-state index in [1.807, 2.05) is 39.0 Å². The van der Waals surface area contributed by atoms with Crippen LogP contribution in [0.25, 0.3) is 0 Å². The van der Waals surface area contributed by atoms with Crippen LogP contribution in [0.5, 0.6) is 0 Å². The molecule has 27 heavy (non-hydrogen) atoms. The van der Waals surface area contributed by atoms with Gasteiger partial charge in [0, 0.05) is 57.0 Å². The summed E-state index contributed by atoms with van der Waals surface area (Å²) in [4.78, 5) is 16.5. The quantitative estimate of drug-likeness (QED) is 0.812. The standard InChI is InChI=1S/C19H30N4O3S/c1-15-5-4-6-18(13-15)21-9-11-22(12-10-21)27(25,26)14-19(24)23-8-7-20-16(2)17(23)3/h4-6,13,16-17,20H,7-12,14H2,1-3H3. The fourth-order valence-electron chi connectivity index (χ4n) is 3.79. The van der Waals surface area contributed by atoms with E-state index in [1.165, 1.54) is 9.87 Å². The van der Waals surface area contributed by atoms with Crippen LogP contribution in [0.1, 0.15) is 19.4 Å². The number of carbonyl (C=O) groups excluding carboxylic acids is 1. The van der Waals surface area contributed by atoms with Crippen molar-refractivity contribution in [3.8, 4) is 0 Å². The molecular formula is C19H30N4O3S. The average molecular weight is 395 g/mol. The van der Waals surface area contributed by atoms with Gasteiger partial charge in [-0.05, 0) is 38.5 Å². The lowest BCUT2D eigenvalue weighted by Crippen LogP contribution is -2.59. The Labute approximate surface area is 162 Å². The molecule has 7 nitrogen and oxygen atoms in total. The van der Waals surface area contributed by atoms with Gasteiger partial charge in [0.15, 0.2) is 0 Å². The number of piperazine rings is 2. The smallest absolute Gasteiger partial charge is 0.239 e. The molecular weight excluding hydrogens is 364 g/mol. The Morgan fingerprint density at radius 2 is 1.85 bits per heavy atom. The minimum Gasteiger partial charge on any atom is -0.369 e. The van der Waals surface area contributed by atoms with E-state index in [-0.39, 0.29) is 18.0 Å². The van der Waals surface area contributed by atoms with Crippen molar-refractivity contribution in [2.75, 3.05) is 49.9 Å². The Hall–Kier alpha value is -1.64. The first kappa shape index (κ1) is 20.1. The molecule has 2 fully saturated rings. The molecule has 2 heterocycles. The predicted octanol–water partition coefficient (Wildman–Crippen LogP) is 0.656. The molecule has 1 N–H and O–H groups in total. The highest BCUT2D eigenvalue weighted by molar-refractivity contribution is 7.89. The van der Waals surface area contributed by atoms with Crippen LogP contribution in [-0.2, 0) is 14.8 Å². The zero-order valence-corrected chi connectivity index (χ0v) is 17.2. The Morgan fingerprint density at radius 3 is 2.52 bits per heavy atom. The summed E-state index contributed by atoms with van der Waals surface area (Å²) >= 11 is 0. The van der Waals surface area contributed by atoms with Crippen LogP contribution in [0, 0.1) is 6.92 Å². The summed E-state index contributed by atoms with van der Waals surface area (Å²) in [6, 6.07) is 8.40. The summed E-state index contributed by atoms with van der Waals surface area (Å²) in [5.41, 5.74) is 2.30. The third-order valence-electron chi connectivity index (χ3n) is 5.66. The highest BCUT2D eigenvalue weighted by Gasteiger charge is 2.34. The summed E-state index contributed by atoms with van der Waals surface area (Å²) in [5, 5.41) is 3.31. The van der Waals surface area contributed by atoms with Crippen molar-refractivity contribution >= 4 is 21.6 Å². The van der Waals surface area contributed by atoms with Crippen LogP contribution >= 0.6 is 0 Å². The van der Waals surface area contributed by atoms with Crippen LogP contribution in [0.15, 0.2) is 24.3 Å². The van der Waals surface area contributed by atoms with Gasteiger partial charge in [0.1, 0.15) is 5.75 Å². The SMILES string of the molecule is Cc1cccc(N2CCN(S(=O)(=O)CC(=O)N3CCNC(C)C3C)CC2)c1. The van der Waals surface area contributed by atoms with E-state index in [4.69, 9.17) is 0 Å². The first-order chi connectivity index (χ1) is 12.8. The first-order valence-corrected chi connectivity index (χ1v) is 11.2. The van der Waals surface area contributed by atoms with Gasteiger partial charge >= 0.3 is 0 Å². The van der Waals surface area contributed by atoms with Gasteiger partial charge in [0.25, 0.3) is 0 Å². The van der Waals surface area contributed by atoms with E-state index in [2.05, 4.69) is 16.3 Å². The number of hydrogen-bond acceptors (Lipinski definition) is 5. The van der Waals surface area contributed by atoms with Crippen LogP contribution in [0.2, 0.25) is 0 Å². The van der Waals surface area contributed by atoms with Crippen molar-refractivity contribution in [1.29, 1.82) is 0 Å². The van der Waals surface area contributed by atoms with E-state index >= 15 is 0 Å². The van der Waals surface area contributed by atoms with Gasteiger partial charge in [-0.3, -0.25) is 4.79 Å². The molecule has 3 rings (SSSR count). The molecule has 2 unspecified atom stereocenters. The number of nitrogens with zero attached hydrogens (tertiary/aromatic N) is 3. The third-order valence-corrected chi connectivity index (χ3v) is 7.42. The van der Waals surface area contributed by atoms with Gasteiger partial charge in [-0.2, -0.15) is 4.31 Å². The van der Waals surface area contributed by atoms with Crippen LogP contribution in [0.4, 0.5) is 5.69 Å². The van der Waals surface area contributed by atoms with E-state index in [0.29, 0.717) is 39.3 Å². The summed E-state index contributed by atoms with van der Waals surface area (Å²) < 4.78 is 27.0. The van der Waals surface area contributed by atoms with Crippen molar-refractivity contribution < 1.29 is 13.2 Å². The molecule has 150 valence electrons. The monoisotopic (exact) mass is 394 g/mol. The normalized spacial score (nSPS) is 24.9. The number of amides is 1. The van der Waals surface area contributed by atoms with E-state index < -0.39 is 15.8 Å². The van der Waals surface area contributed by atoms with Gasteiger partial charge in [0.2, 0.25) is 15.9 Å². The van der Waals surface area contributed by atoms with Crippen molar-refractivity contribution in [2.24, 2.45) is 0 Å². The second-order valence-corrected chi connectivity index (χ2v) is 9.52. The van der Waals surface area contributed by atoms with Crippen molar-refractivity contribution in [3.05, 3.63) is 29.8 Å². The largest absolute Gasteiger partial charge is 0.369 e. The molecule has 0 aromatic heterocycles. The van der Waals surface area contributed by atoms with Gasteiger partial charge in [0.05, 0.1) is 0 Å². The highest BCUT2D eigenvalue weighted by atomic mass is 32.2. The topological polar surface area (TPSA) is 73.0 Å². The summed E-state index contributed by atoms with van der Waals surface area (Å²) in [5.74, 6) is -0.730. The fraction of sp³-hybridized carbons (Fsp3) is 0.632. The molecule has 2 aliphatic heterocycles. The molecule has 0 saturated carbocycles. The lowest BCUT2D eigenvalue weighted by atomic mass is 10.1. The third kappa shape index (κ3) is 4.62. The van der Waals surface area contributed by atoms with Crippen LogP contribution < -0.4 is 10.2 Å². The molecule has 0 bridgehead atoms. The zero-order chi connectivity index (χ0) is 19.6. The number of nitrogens with one attached hydrogen (secondary N) is 1. The minimum atomic E-state index is -3.59. The Balaban J connectivity index is 1.59. The molecule has 1 aromatic carbocycles. The molecule has 0 radical (unpaired) electrons. The maximum atomic E-state index is 12.8. The van der Waals surface area contributed by atoms with E-state index in [0.717, 1.165) is 5.69 Å². The molecule has 2 saturated heterocycles. The number of rotatable bonds is 4. The highest BCUT2D eigenvalue weighted by Crippen LogP contribution is 2.19. The number of aryl methyl sites for hydroxylation is 1. The number of benzene rings is 1. The fourth-order valence-corrected chi connectivity index (χ4v) is 5.17. The number of hydrogen-bond donors (Lipinski definition) is 1. The predicted molar refractivity (Wildman–Crippen MR) is 107 cm³/mol. The van der Waals surface area contributed by atoms with Gasteiger partial charge < -0.3 is 15.1 Å². The second-order valence-electron chi connectivity index (χ2n) is 7.55. The average Bonchev–Trinajstić information content (AvgIpc) is 2.63. The molecule has 1 amide bonds. The second kappa shape index (κ2) is 8.16. The maximum Gasteiger partial charge on any atom is 0.239 e. The summed E-state index contributed by atoms with van der Waals surface area (Å²) in [6.07, 6.45) is 0. The van der Waals surface area contributed by atoms with Gasteiger partial charge in [-0.1, -0.05) is 12.1 Å². The van der Waals surface area contributed by atoms with Crippen molar-refractivity contribution in [2.45, 2.75) is 32.9 Å². The molecule has 2 aliphatic rings. The summed E-state index contributed by atoms with van der Waals surface area (Å²) in [6.45, 7) is 9.39. The lowest BCUT2D eigenvalue weighted by molar-refractivity contribution is -0.132. The minimum absolute atomic E-state index is 0.000354. The van der Waals surface area contributed by atoms with E-state index in [9.17, 15) is 13.2 Å². The Morgan fingerprint density at radius 1 is 1.15 bits per heavy atom. The van der Waals surface area contributed by atoms with Crippen LogP contribution in [-0.4, -0.2) is 80.6 Å². The van der Waals surface area contributed by atoms with Gasteiger partial charge in [-0.15, -0.1) is 0 Å². The van der Waals surface area contributed by atoms with Gasteiger partial charge in [-0.25, -0.2) is 8.42 Å². The molecule has 1 aromatic rings. The van der Waals surface area contributed by atoms with E-state index in [1.54, 1.807) is 4.90 Å². The molecule has 0 aliphatic carbocycles. The van der Waals surface area contributed by atoms with Crippen molar-refractivity contribution in [1.82, 2.24) is 14.5 Å². The molecule has 0 spiro atoms. The Bertz CT molecular complexity index is 775. The Kier molecular flexibility index (Phi) is 6.08. The molecule has 2 atom stereocenters. The number of carbonyl (C=O) groups is 1. The van der Waals surface area contributed by atoms with Crippen molar-refractivity contribution in [3.63, 3.8) is 0 Å². The maximum absolute atomic E-state index is 12.8. The first-order valence-electron chi connectivity index (χ1n) is 9.60. The number of sulfonamides is 1. The summed E-state index contributed by atoms with van der Waals surface area (Å²) in [7, 11) is -3.59. The number of anilines is 1. The zero-order valence-electron chi connectivity index (χ0n) is 16.4. The molecule has 8 heteroatoms.